The van der Waals surface area contributed by atoms with E-state index in [9.17, 15) is 9.59 Å². The first-order valence-electron chi connectivity index (χ1n) is 6.29. The van der Waals surface area contributed by atoms with E-state index in [0.29, 0.717) is 11.7 Å². The molecule has 1 N–H and O–H groups in total. The average molecular weight is 293 g/mol. The molecule has 2 rings (SSSR count). The summed E-state index contributed by atoms with van der Waals surface area (Å²) >= 11 is 1.28. The molecule has 0 radical (unpaired) electrons. The summed E-state index contributed by atoms with van der Waals surface area (Å²) < 4.78 is 1.31. The highest BCUT2D eigenvalue weighted by molar-refractivity contribution is 7.15. The van der Waals surface area contributed by atoms with Gasteiger partial charge in [0.1, 0.15) is 10.7 Å². The van der Waals surface area contributed by atoms with Crippen LogP contribution in [0.4, 0.5) is 5.13 Å². The Labute approximate surface area is 119 Å². The summed E-state index contributed by atoms with van der Waals surface area (Å²) in [6.07, 6.45) is 1.79. The molecular formula is C12H15N5O2S. The lowest BCUT2D eigenvalue weighted by Gasteiger charge is -2.05. The third-order valence-electron chi connectivity index (χ3n) is 2.57. The van der Waals surface area contributed by atoms with Gasteiger partial charge in [-0.25, -0.2) is 4.68 Å². The highest BCUT2D eigenvalue weighted by atomic mass is 32.1. The van der Waals surface area contributed by atoms with Gasteiger partial charge in [-0.05, 0) is 19.4 Å². The minimum atomic E-state index is -0.397. The first-order chi connectivity index (χ1) is 9.60. The number of nitrogens with one attached hydrogen (secondary N) is 1. The van der Waals surface area contributed by atoms with Gasteiger partial charge in [-0.2, -0.15) is 5.10 Å². The number of carbonyl (C=O) groups excluding carboxylic acids is 1. The Morgan fingerprint density at radius 2 is 2.20 bits per heavy atom. The predicted molar refractivity (Wildman–Crippen MR) is 76.0 cm³/mol. The van der Waals surface area contributed by atoms with Gasteiger partial charge in [0, 0.05) is 12.6 Å². The van der Waals surface area contributed by atoms with Gasteiger partial charge in [-0.1, -0.05) is 24.7 Å². The molecule has 0 aliphatic heterocycles. The van der Waals surface area contributed by atoms with E-state index in [1.54, 1.807) is 6.92 Å². The van der Waals surface area contributed by atoms with Crippen molar-refractivity contribution in [2.24, 2.45) is 0 Å². The maximum atomic E-state index is 12.0. The molecule has 0 bridgehead atoms. The molecule has 0 aliphatic carbocycles. The standard InChI is InChI=1S/C12H15N5O2S/c1-3-4-7-17-10(18)6-5-9(16-17)11(19)13-12-15-14-8(2)20-12/h5-6H,3-4,7H2,1-2H3,(H,13,15,19). The van der Waals surface area contributed by atoms with E-state index >= 15 is 0 Å². The van der Waals surface area contributed by atoms with Gasteiger partial charge in [0.15, 0.2) is 0 Å². The SMILES string of the molecule is CCCCn1nc(C(=O)Nc2nnc(C)s2)ccc1=O. The zero-order valence-corrected chi connectivity index (χ0v) is 12.1. The van der Waals surface area contributed by atoms with Gasteiger partial charge >= 0.3 is 0 Å². The number of aryl methyl sites for hydroxylation is 2. The summed E-state index contributed by atoms with van der Waals surface area (Å²) in [5, 5.41) is 15.5. The van der Waals surface area contributed by atoms with Crippen molar-refractivity contribution in [3.63, 3.8) is 0 Å². The molecule has 2 heterocycles. The lowest BCUT2D eigenvalue weighted by molar-refractivity contribution is 0.101. The molecule has 106 valence electrons. The van der Waals surface area contributed by atoms with Crippen molar-refractivity contribution in [3.8, 4) is 0 Å². The topological polar surface area (TPSA) is 89.8 Å². The van der Waals surface area contributed by atoms with Crippen LogP contribution in [-0.4, -0.2) is 25.9 Å². The summed E-state index contributed by atoms with van der Waals surface area (Å²) in [7, 11) is 0. The van der Waals surface area contributed by atoms with E-state index in [2.05, 4.69) is 20.6 Å². The predicted octanol–water partition coefficient (Wildman–Crippen LogP) is 1.46. The van der Waals surface area contributed by atoms with Crippen molar-refractivity contribution in [1.29, 1.82) is 0 Å². The van der Waals surface area contributed by atoms with Gasteiger partial charge in [-0.15, -0.1) is 10.2 Å². The molecule has 1 amide bonds. The molecule has 0 fully saturated rings. The fraction of sp³-hybridized carbons (Fsp3) is 0.417. The second kappa shape index (κ2) is 6.38. The first kappa shape index (κ1) is 14.3. The number of nitrogens with zero attached hydrogens (tertiary/aromatic N) is 4. The molecular weight excluding hydrogens is 278 g/mol. The zero-order chi connectivity index (χ0) is 14.5. The van der Waals surface area contributed by atoms with E-state index < -0.39 is 5.91 Å². The highest BCUT2D eigenvalue weighted by Crippen LogP contribution is 2.14. The number of hydrogen-bond acceptors (Lipinski definition) is 6. The highest BCUT2D eigenvalue weighted by Gasteiger charge is 2.12. The molecule has 7 nitrogen and oxygen atoms in total. The maximum Gasteiger partial charge on any atom is 0.277 e. The molecule has 0 unspecified atom stereocenters. The lowest BCUT2D eigenvalue weighted by atomic mass is 10.3. The summed E-state index contributed by atoms with van der Waals surface area (Å²) in [6, 6.07) is 2.76. The fourth-order valence-corrected chi connectivity index (χ4v) is 2.13. The first-order valence-corrected chi connectivity index (χ1v) is 7.11. The summed E-state index contributed by atoms with van der Waals surface area (Å²) in [6.45, 7) is 4.34. The summed E-state index contributed by atoms with van der Waals surface area (Å²) in [5.41, 5.74) is -0.0182. The lowest BCUT2D eigenvalue weighted by Crippen LogP contribution is -2.26. The van der Waals surface area contributed by atoms with Crippen molar-refractivity contribution in [3.05, 3.63) is 33.2 Å². The molecule has 20 heavy (non-hydrogen) atoms. The molecule has 8 heteroatoms. The Bertz CT molecular complexity index is 664. The summed E-state index contributed by atoms with van der Waals surface area (Å²) in [5.74, 6) is -0.397. The third-order valence-corrected chi connectivity index (χ3v) is 3.32. The van der Waals surface area contributed by atoms with Crippen LogP contribution in [0.25, 0.3) is 0 Å². The molecule has 0 saturated carbocycles. The van der Waals surface area contributed by atoms with Crippen LogP contribution in [0.1, 0.15) is 35.3 Å². The second-order valence-corrected chi connectivity index (χ2v) is 5.40. The van der Waals surface area contributed by atoms with Crippen LogP contribution >= 0.6 is 11.3 Å². The number of anilines is 1. The van der Waals surface area contributed by atoms with Crippen molar-refractivity contribution < 1.29 is 4.79 Å². The van der Waals surface area contributed by atoms with Gasteiger partial charge in [0.2, 0.25) is 5.13 Å². The Hall–Kier alpha value is -2.09. The largest absolute Gasteiger partial charge is 0.295 e. The molecule has 0 aliphatic rings. The number of hydrogen-bond donors (Lipinski definition) is 1. The van der Waals surface area contributed by atoms with Gasteiger partial charge in [0.25, 0.3) is 11.5 Å². The molecule has 2 aromatic heterocycles. The van der Waals surface area contributed by atoms with E-state index in [1.165, 1.54) is 28.2 Å². The monoisotopic (exact) mass is 293 g/mol. The number of carbonyl (C=O) groups is 1. The Morgan fingerprint density at radius 1 is 1.40 bits per heavy atom. The van der Waals surface area contributed by atoms with Crippen molar-refractivity contribution in [2.45, 2.75) is 33.2 Å². The third kappa shape index (κ3) is 3.47. The minimum Gasteiger partial charge on any atom is -0.295 e. The van der Waals surface area contributed by atoms with Crippen molar-refractivity contribution in [2.75, 3.05) is 5.32 Å². The average Bonchev–Trinajstić information content (AvgIpc) is 2.83. The molecule has 0 atom stereocenters. The van der Waals surface area contributed by atoms with E-state index in [0.717, 1.165) is 17.8 Å². The Balaban J connectivity index is 2.15. The van der Waals surface area contributed by atoms with Crippen molar-refractivity contribution >= 4 is 22.4 Å². The Morgan fingerprint density at radius 3 is 2.85 bits per heavy atom. The second-order valence-electron chi connectivity index (χ2n) is 4.21. The summed E-state index contributed by atoms with van der Waals surface area (Å²) in [4.78, 5) is 23.6. The van der Waals surface area contributed by atoms with E-state index in [-0.39, 0.29) is 11.3 Å². The number of aromatic nitrogens is 4. The zero-order valence-electron chi connectivity index (χ0n) is 11.3. The van der Waals surface area contributed by atoms with Crippen LogP contribution in [0.3, 0.4) is 0 Å². The van der Waals surface area contributed by atoms with Gasteiger partial charge in [-0.3, -0.25) is 14.9 Å². The van der Waals surface area contributed by atoms with Crippen LogP contribution in [0.2, 0.25) is 0 Å². The van der Waals surface area contributed by atoms with Crippen molar-refractivity contribution in [1.82, 2.24) is 20.0 Å². The molecule has 0 aromatic carbocycles. The molecule has 0 spiro atoms. The number of unbranched alkanes of at least 4 members (excludes halogenated alkanes) is 1. The van der Waals surface area contributed by atoms with E-state index in [1.807, 2.05) is 6.92 Å². The fourth-order valence-electron chi connectivity index (χ4n) is 1.55. The number of amides is 1. The van der Waals surface area contributed by atoms with Crippen LogP contribution in [-0.2, 0) is 6.54 Å². The smallest absolute Gasteiger partial charge is 0.277 e. The molecule has 0 saturated heterocycles. The quantitative estimate of drug-likeness (QED) is 0.901. The normalized spacial score (nSPS) is 10.5. The number of rotatable bonds is 5. The van der Waals surface area contributed by atoms with Gasteiger partial charge < -0.3 is 0 Å². The van der Waals surface area contributed by atoms with Gasteiger partial charge in [0.05, 0.1) is 0 Å². The van der Waals surface area contributed by atoms with Crippen LogP contribution in [0, 0.1) is 6.92 Å². The molecule has 2 aromatic rings. The van der Waals surface area contributed by atoms with Crippen LogP contribution < -0.4 is 10.9 Å². The van der Waals surface area contributed by atoms with Crippen LogP contribution in [0.15, 0.2) is 16.9 Å². The maximum absolute atomic E-state index is 12.0. The minimum absolute atomic E-state index is 0.188. The van der Waals surface area contributed by atoms with E-state index in [4.69, 9.17) is 0 Å². The Kier molecular flexibility index (Phi) is 4.57. The van der Waals surface area contributed by atoms with Crippen LogP contribution in [0.5, 0.6) is 0 Å².